The third-order valence-corrected chi connectivity index (χ3v) is 8.47. The zero-order valence-corrected chi connectivity index (χ0v) is 23.7. The largest absolute Gasteiger partial charge is 0.355 e. The van der Waals surface area contributed by atoms with Gasteiger partial charge in [0.15, 0.2) is 0 Å². The van der Waals surface area contributed by atoms with Crippen LogP contribution in [0.15, 0.2) is 170 Å². The van der Waals surface area contributed by atoms with Crippen molar-refractivity contribution >= 4 is 43.7 Å². The molecule has 0 aliphatic rings. The number of benzene rings is 8. The minimum atomic E-state index is 1.06. The number of hydrogen-bond acceptors (Lipinski definition) is 1. The van der Waals surface area contributed by atoms with E-state index in [2.05, 4.69) is 175 Å². The monoisotopic (exact) mass is 547 g/mol. The number of hydrogen-bond donors (Lipinski definition) is 1. The Morgan fingerprint density at radius 2 is 0.814 bits per heavy atom. The van der Waals surface area contributed by atoms with E-state index in [9.17, 15) is 0 Å². The van der Waals surface area contributed by atoms with E-state index in [1.807, 2.05) is 0 Å². The Kier molecular flexibility index (Phi) is 6.20. The summed E-state index contributed by atoms with van der Waals surface area (Å²) in [5.74, 6) is 0. The molecule has 0 atom stereocenters. The first-order chi connectivity index (χ1) is 21.3. The zero-order valence-electron chi connectivity index (χ0n) is 23.7. The summed E-state index contributed by atoms with van der Waals surface area (Å²) >= 11 is 0. The molecular weight excluding hydrogens is 518 g/mol. The second-order valence-electron chi connectivity index (χ2n) is 11.0. The Labute approximate surface area is 251 Å². The normalized spacial score (nSPS) is 11.3. The Morgan fingerprint density at radius 1 is 0.302 bits per heavy atom. The number of anilines is 2. The van der Waals surface area contributed by atoms with Crippen LogP contribution in [0.2, 0.25) is 0 Å². The summed E-state index contributed by atoms with van der Waals surface area (Å²) in [7, 11) is 0. The molecule has 0 saturated heterocycles. The predicted octanol–water partition coefficient (Wildman–Crippen LogP) is 11.9. The van der Waals surface area contributed by atoms with Crippen molar-refractivity contribution in [2.45, 2.75) is 0 Å². The fourth-order valence-electron chi connectivity index (χ4n) is 6.33. The number of nitrogens with one attached hydrogen (secondary N) is 1. The first-order valence-corrected chi connectivity index (χ1v) is 14.8. The molecule has 0 aliphatic carbocycles. The molecule has 0 aliphatic heterocycles. The Bertz CT molecular complexity index is 2240. The highest BCUT2D eigenvalue weighted by Crippen LogP contribution is 2.37. The summed E-state index contributed by atoms with van der Waals surface area (Å²) in [4.78, 5) is 0. The van der Waals surface area contributed by atoms with Crippen molar-refractivity contribution in [2.75, 3.05) is 5.32 Å². The van der Waals surface area contributed by atoms with Gasteiger partial charge in [-0.3, -0.25) is 0 Å². The van der Waals surface area contributed by atoms with Gasteiger partial charge in [-0.2, -0.15) is 0 Å². The van der Waals surface area contributed by atoms with Gasteiger partial charge in [0.25, 0.3) is 0 Å². The van der Waals surface area contributed by atoms with E-state index < -0.39 is 0 Å². The fraction of sp³-hybridized carbons (Fsp3) is 0. The van der Waals surface area contributed by atoms with Crippen molar-refractivity contribution in [2.24, 2.45) is 0 Å². The molecule has 0 bridgehead atoms. The molecule has 0 aromatic heterocycles. The molecule has 1 N–H and O–H groups in total. The molecule has 202 valence electrons. The summed E-state index contributed by atoms with van der Waals surface area (Å²) in [6, 6.07) is 61.0. The van der Waals surface area contributed by atoms with E-state index in [0.29, 0.717) is 0 Å². The highest BCUT2D eigenvalue weighted by Gasteiger charge is 2.10. The lowest BCUT2D eigenvalue weighted by Gasteiger charge is -2.15. The molecule has 43 heavy (non-hydrogen) atoms. The maximum Gasteiger partial charge on any atom is 0.0463 e. The average Bonchev–Trinajstić information content (AvgIpc) is 3.08. The lowest BCUT2D eigenvalue weighted by atomic mass is 9.93. The molecule has 8 aromatic carbocycles. The van der Waals surface area contributed by atoms with E-state index in [1.54, 1.807) is 0 Å². The van der Waals surface area contributed by atoms with Crippen LogP contribution in [0.25, 0.3) is 65.7 Å². The van der Waals surface area contributed by atoms with Gasteiger partial charge in [0.2, 0.25) is 0 Å². The van der Waals surface area contributed by atoms with Gasteiger partial charge in [0, 0.05) is 16.9 Å². The van der Waals surface area contributed by atoms with Gasteiger partial charge < -0.3 is 5.32 Å². The third kappa shape index (κ3) is 4.62. The molecular formula is C42H29N. The quantitative estimate of drug-likeness (QED) is 0.211. The van der Waals surface area contributed by atoms with Gasteiger partial charge in [-0.15, -0.1) is 0 Å². The van der Waals surface area contributed by atoms with E-state index in [-0.39, 0.29) is 0 Å². The maximum absolute atomic E-state index is 3.69. The summed E-state index contributed by atoms with van der Waals surface area (Å²) in [5, 5.41) is 11.4. The fourth-order valence-corrected chi connectivity index (χ4v) is 6.33. The highest BCUT2D eigenvalue weighted by molar-refractivity contribution is 6.13. The molecule has 0 unspecified atom stereocenters. The first-order valence-electron chi connectivity index (χ1n) is 14.8. The van der Waals surface area contributed by atoms with E-state index in [0.717, 1.165) is 11.4 Å². The van der Waals surface area contributed by atoms with Crippen LogP contribution in [0.1, 0.15) is 0 Å². The van der Waals surface area contributed by atoms with Gasteiger partial charge >= 0.3 is 0 Å². The van der Waals surface area contributed by atoms with E-state index >= 15 is 0 Å². The van der Waals surface area contributed by atoms with Crippen LogP contribution in [0.5, 0.6) is 0 Å². The second kappa shape index (κ2) is 10.6. The minimum absolute atomic E-state index is 1.06. The van der Waals surface area contributed by atoms with Gasteiger partial charge in [0.05, 0.1) is 0 Å². The van der Waals surface area contributed by atoms with Gasteiger partial charge in [-0.1, -0.05) is 146 Å². The van der Waals surface area contributed by atoms with Crippen LogP contribution in [0.3, 0.4) is 0 Å². The maximum atomic E-state index is 3.69. The van der Waals surface area contributed by atoms with Crippen molar-refractivity contribution in [3.63, 3.8) is 0 Å². The minimum Gasteiger partial charge on any atom is -0.355 e. The van der Waals surface area contributed by atoms with Gasteiger partial charge in [-0.25, -0.2) is 0 Å². The summed E-state index contributed by atoms with van der Waals surface area (Å²) in [6.07, 6.45) is 0. The lowest BCUT2D eigenvalue weighted by molar-refractivity contribution is 1.53. The van der Waals surface area contributed by atoms with Gasteiger partial charge in [-0.05, 0) is 84.4 Å². The van der Waals surface area contributed by atoms with E-state index in [1.165, 1.54) is 65.7 Å². The Balaban J connectivity index is 1.10. The van der Waals surface area contributed by atoms with Crippen molar-refractivity contribution in [1.29, 1.82) is 0 Å². The Morgan fingerprint density at radius 3 is 1.60 bits per heavy atom. The van der Waals surface area contributed by atoms with Crippen LogP contribution in [-0.2, 0) is 0 Å². The summed E-state index contributed by atoms with van der Waals surface area (Å²) in [5.41, 5.74) is 9.47. The first kappa shape index (κ1) is 25.1. The summed E-state index contributed by atoms with van der Waals surface area (Å²) < 4.78 is 0. The van der Waals surface area contributed by atoms with Crippen LogP contribution >= 0.6 is 0 Å². The molecule has 8 rings (SSSR count). The second-order valence-corrected chi connectivity index (χ2v) is 11.0. The highest BCUT2D eigenvalue weighted by atomic mass is 14.9. The van der Waals surface area contributed by atoms with Crippen molar-refractivity contribution in [3.05, 3.63) is 170 Å². The topological polar surface area (TPSA) is 12.0 Å². The van der Waals surface area contributed by atoms with Gasteiger partial charge in [0.1, 0.15) is 0 Å². The number of fused-ring (bicyclic) bond motifs is 4. The lowest BCUT2D eigenvalue weighted by Crippen LogP contribution is -1.93. The average molecular weight is 548 g/mol. The van der Waals surface area contributed by atoms with Crippen LogP contribution in [0.4, 0.5) is 11.4 Å². The molecule has 0 fully saturated rings. The number of para-hydroxylation sites is 1. The number of rotatable bonds is 5. The molecule has 1 nitrogen and oxygen atoms in total. The molecule has 0 amide bonds. The van der Waals surface area contributed by atoms with Crippen LogP contribution in [0, 0.1) is 0 Å². The van der Waals surface area contributed by atoms with E-state index in [4.69, 9.17) is 0 Å². The zero-order chi connectivity index (χ0) is 28.6. The molecule has 0 saturated carbocycles. The van der Waals surface area contributed by atoms with Crippen molar-refractivity contribution < 1.29 is 0 Å². The van der Waals surface area contributed by atoms with Crippen LogP contribution < -0.4 is 5.32 Å². The third-order valence-electron chi connectivity index (χ3n) is 8.47. The molecule has 8 aromatic rings. The summed E-state index contributed by atoms with van der Waals surface area (Å²) in [6.45, 7) is 0. The molecule has 0 spiro atoms. The predicted molar refractivity (Wildman–Crippen MR) is 185 cm³/mol. The smallest absolute Gasteiger partial charge is 0.0463 e. The van der Waals surface area contributed by atoms with Crippen molar-refractivity contribution in [3.8, 4) is 33.4 Å². The molecule has 0 radical (unpaired) electrons. The Hall–Kier alpha value is -5.66. The molecule has 1 heteroatoms. The van der Waals surface area contributed by atoms with Crippen molar-refractivity contribution in [1.82, 2.24) is 0 Å². The van der Waals surface area contributed by atoms with Crippen LogP contribution in [-0.4, -0.2) is 0 Å². The molecule has 0 heterocycles. The SMILES string of the molecule is c1ccc(-c2ccc(-c3cccc4ccccc34)cc2)c(Nc2ccc(-c3cc4ccccc4c4ccccc34)cc2)c1. The standard InChI is InChI=1S/C42H29N/c1-3-13-35-29(10-1)12-9-18-36(35)30-20-22-31(23-21-30)38-15-7-8-19-42(38)43-34-26-24-32(25-27-34)41-28-33-11-2-4-14-37(33)39-16-5-6-17-40(39)41/h1-28,43H.